The lowest BCUT2D eigenvalue weighted by molar-refractivity contribution is 0.288. The minimum atomic E-state index is 1.00. The van der Waals surface area contributed by atoms with Crippen LogP contribution in [0.5, 0.6) is 0 Å². The first kappa shape index (κ1) is 3.72. The van der Waals surface area contributed by atoms with Crippen molar-refractivity contribution in [3.63, 3.8) is 0 Å². The van der Waals surface area contributed by atoms with Gasteiger partial charge in [0.2, 0.25) is 0 Å². The van der Waals surface area contributed by atoms with Crippen LogP contribution in [-0.4, -0.2) is 0 Å². The van der Waals surface area contributed by atoms with E-state index in [1.54, 1.807) is 6.26 Å². The van der Waals surface area contributed by atoms with E-state index in [9.17, 15) is 0 Å². The second-order valence-electron chi connectivity index (χ2n) is 1.40. The fourth-order valence-electron chi connectivity index (χ4n) is 0.426. The summed E-state index contributed by atoms with van der Waals surface area (Å²) in [5.41, 5.74) is 0. The molecule has 1 heteroatoms. The van der Waals surface area contributed by atoms with E-state index < -0.39 is 0 Å². The minimum Gasteiger partial charge on any atom is -0.491 e. The maximum absolute atomic E-state index is 4.89. The Hall–Kier alpha value is -0.460. The van der Waals surface area contributed by atoms with Gasteiger partial charge in [0, 0.05) is 6.42 Å². The Morgan fingerprint density at radius 2 is 2.67 bits per heavy atom. The second-order valence-corrected chi connectivity index (χ2v) is 1.40. The number of hydrogen-bond acceptors (Lipinski definition) is 1. The van der Waals surface area contributed by atoms with Gasteiger partial charge in [0.1, 0.15) is 6.10 Å². The van der Waals surface area contributed by atoms with E-state index in [0.29, 0.717) is 0 Å². The summed E-state index contributed by atoms with van der Waals surface area (Å²) in [5.74, 6) is 0. The topological polar surface area (TPSA) is 9.23 Å². The molecule has 1 nitrogen and oxygen atoms in total. The van der Waals surface area contributed by atoms with Crippen LogP contribution >= 0.6 is 0 Å². The molecule has 1 aliphatic heterocycles. The van der Waals surface area contributed by atoms with Crippen molar-refractivity contribution in [3.05, 3.63) is 18.4 Å². The van der Waals surface area contributed by atoms with Crippen molar-refractivity contribution in [2.45, 2.75) is 13.3 Å². The van der Waals surface area contributed by atoms with Gasteiger partial charge in [0.25, 0.3) is 0 Å². The fraction of sp³-hybridized carbons (Fsp3) is 0.400. The molecule has 0 saturated carbocycles. The van der Waals surface area contributed by atoms with Crippen molar-refractivity contribution in [2.24, 2.45) is 0 Å². The molecule has 0 aromatic rings. The molecule has 0 N–H and O–H groups in total. The first-order chi connectivity index (χ1) is 2.89. The maximum Gasteiger partial charge on any atom is 0.148 e. The molecule has 0 bridgehead atoms. The van der Waals surface area contributed by atoms with Crippen LogP contribution < -0.4 is 0 Å². The van der Waals surface area contributed by atoms with Gasteiger partial charge in [-0.25, -0.2) is 0 Å². The Labute approximate surface area is 37.6 Å². The second kappa shape index (κ2) is 1.33. The maximum atomic E-state index is 4.89. The molecule has 33 valence electrons. The molecule has 0 aliphatic carbocycles. The summed E-state index contributed by atoms with van der Waals surface area (Å²) < 4.78 is 4.89. The van der Waals surface area contributed by atoms with Crippen LogP contribution in [0.1, 0.15) is 13.3 Å². The van der Waals surface area contributed by atoms with E-state index in [-0.39, 0.29) is 0 Å². The number of rotatable bonds is 0. The van der Waals surface area contributed by atoms with Crippen LogP contribution in [0.4, 0.5) is 0 Å². The van der Waals surface area contributed by atoms with E-state index in [1.807, 2.05) is 13.0 Å². The van der Waals surface area contributed by atoms with Gasteiger partial charge < -0.3 is 4.74 Å². The average molecular weight is 83.1 g/mol. The first-order valence-corrected chi connectivity index (χ1v) is 2.03. The predicted molar refractivity (Wildman–Crippen MR) is 23.8 cm³/mol. The summed E-state index contributed by atoms with van der Waals surface area (Å²) in [6.07, 6.45) is 5.81. The summed E-state index contributed by atoms with van der Waals surface area (Å²) in [5, 5.41) is 0. The highest BCUT2D eigenvalue weighted by Crippen LogP contribution is 2.13. The fourth-order valence-corrected chi connectivity index (χ4v) is 0.426. The Kier molecular flexibility index (Phi) is 0.825. The zero-order valence-corrected chi connectivity index (χ0v) is 3.77. The summed E-state index contributed by atoms with van der Waals surface area (Å²) >= 11 is 0. The van der Waals surface area contributed by atoms with Gasteiger partial charge in [-0.05, 0) is 13.0 Å². The molecule has 0 aromatic heterocycles. The highest BCUT2D eigenvalue weighted by Gasteiger charge is 2.02. The monoisotopic (exact) mass is 83.0 g/mol. The van der Waals surface area contributed by atoms with Gasteiger partial charge in [0.05, 0.1) is 6.26 Å². The highest BCUT2D eigenvalue weighted by molar-refractivity contribution is 4.94. The summed E-state index contributed by atoms with van der Waals surface area (Å²) in [6.45, 7) is 1.97. The van der Waals surface area contributed by atoms with Crippen molar-refractivity contribution >= 4 is 0 Å². The van der Waals surface area contributed by atoms with Gasteiger partial charge >= 0.3 is 0 Å². The Morgan fingerprint density at radius 1 is 1.83 bits per heavy atom. The summed E-state index contributed by atoms with van der Waals surface area (Å²) in [6, 6.07) is 0. The SMILES string of the molecule is C[C]1CC=CO1. The van der Waals surface area contributed by atoms with E-state index >= 15 is 0 Å². The standard InChI is InChI=1S/C5H7O/c1-5-3-2-4-6-5/h2,4H,3H2,1H3. The molecule has 0 saturated heterocycles. The van der Waals surface area contributed by atoms with Crippen molar-refractivity contribution in [2.75, 3.05) is 0 Å². The average Bonchev–Trinajstić information content (AvgIpc) is 1.86. The Bertz CT molecular complexity index is 58.3. The van der Waals surface area contributed by atoms with Crippen molar-refractivity contribution in [1.82, 2.24) is 0 Å². The molecule has 0 aromatic carbocycles. The molecule has 0 unspecified atom stereocenters. The quantitative estimate of drug-likeness (QED) is 0.431. The van der Waals surface area contributed by atoms with Crippen molar-refractivity contribution in [3.8, 4) is 0 Å². The van der Waals surface area contributed by atoms with Gasteiger partial charge in [0.15, 0.2) is 0 Å². The van der Waals surface area contributed by atoms with Crippen LogP contribution in [0.25, 0.3) is 0 Å². The normalized spacial score (nSPS) is 21.5. The molecule has 1 radical (unpaired) electrons. The van der Waals surface area contributed by atoms with Crippen LogP contribution in [0.3, 0.4) is 0 Å². The molecular formula is C5H7O. The predicted octanol–water partition coefficient (Wildman–Crippen LogP) is 1.47. The zero-order chi connectivity index (χ0) is 4.41. The highest BCUT2D eigenvalue weighted by atomic mass is 16.5. The number of ether oxygens (including phenoxy) is 1. The molecule has 0 amide bonds. The van der Waals surface area contributed by atoms with E-state index in [1.165, 1.54) is 0 Å². The van der Waals surface area contributed by atoms with Crippen LogP contribution in [0.15, 0.2) is 12.3 Å². The summed E-state index contributed by atoms with van der Waals surface area (Å²) in [4.78, 5) is 0. The first-order valence-electron chi connectivity index (χ1n) is 2.03. The molecule has 1 heterocycles. The smallest absolute Gasteiger partial charge is 0.148 e. The van der Waals surface area contributed by atoms with E-state index in [2.05, 4.69) is 0 Å². The lowest BCUT2D eigenvalue weighted by Gasteiger charge is -1.94. The van der Waals surface area contributed by atoms with Crippen LogP contribution in [-0.2, 0) is 4.74 Å². The van der Waals surface area contributed by atoms with Crippen LogP contribution in [0, 0.1) is 6.10 Å². The zero-order valence-electron chi connectivity index (χ0n) is 3.77. The van der Waals surface area contributed by atoms with Gasteiger partial charge in [-0.15, -0.1) is 0 Å². The van der Waals surface area contributed by atoms with Gasteiger partial charge in [-0.2, -0.15) is 0 Å². The Morgan fingerprint density at radius 3 is 2.83 bits per heavy atom. The van der Waals surface area contributed by atoms with Gasteiger partial charge in [-0.1, -0.05) is 0 Å². The largest absolute Gasteiger partial charge is 0.491 e. The molecule has 0 fully saturated rings. The lowest BCUT2D eigenvalue weighted by atomic mass is 10.3. The molecule has 0 spiro atoms. The third-order valence-corrected chi connectivity index (χ3v) is 0.771. The molecule has 1 aliphatic rings. The summed E-state index contributed by atoms with van der Waals surface area (Å²) in [7, 11) is 0. The molecule has 6 heavy (non-hydrogen) atoms. The van der Waals surface area contributed by atoms with Crippen molar-refractivity contribution < 1.29 is 4.74 Å². The third kappa shape index (κ3) is 0.534. The molecular weight excluding hydrogens is 76.1 g/mol. The Balaban J connectivity index is 2.32. The van der Waals surface area contributed by atoms with Gasteiger partial charge in [-0.3, -0.25) is 0 Å². The molecule has 0 atom stereocenters. The van der Waals surface area contributed by atoms with Crippen molar-refractivity contribution in [1.29, 1.82) is 0 Å². The number of hydrogen-bond donors (Lipinski definition) is 0. The van der Waals surface area contributed by atoms with E-state index in [4.69, 9.17) is 4.74 Å². The van der Waals surface area contributed by atoms with Crippen LogP contribution in [0.2, 0.25) is 0 Å². The lowest BCUT2D eigenvalue weighted by Crippen LogP contribution is -1.80. The molecule has 1 rings (SSSR count). The minimum absolute atomic E-state index is 1.00. The van der Waals surface area contributed by atoms with E-state index in [0.717, 1.165) is 12.5 Å². The third-order valence-electron chi connectivity index (χ3n) is 0.771.